The molecule has 3 heterocycles. The zero-order chi connectivity index (χ0) is 17.9. The van der Waals surface area contributed by atoms with E-state index in [-0.39, 0.29) is 11.9 Å². The highest BCUT2D eigenvalue weighted by Gasteiger charge is 2.33. The van der Waals surface area contributed by atoms with E-state index in [1.807, 2.05) is 35.2 Å². The molecule has 2 aliphatic heterocycles. The lowest BCUT2D eigenvalue weighted by atomic mass is 10.2. The van der Waals surface area contributed by atoms with Crippen molar-refractivity contribution < 1.29 is 4.79 Å². The monoisotopic (exact) mass is 370 g/mol. The van der Waals surface area contributed by atoms with E-state index in [9.17, 15) is 4.79 Å². The Morgan fingerprint density at radius 1 is 1.08 bits per heavy atom. The van der Waals surface area contributed by atoms with Crippen molar-refractivity contribution in [2.75, 3.05) is 6.54 Å². The second-order valence-corrected chi connectivity index (χ2v) is 7.45. The smallest absolute Gasteiger partial charge is 0.247 e. The van der Waals surface area contributed by atoms with Crippen molar-refractivity contribution in [2.45, 2.75) is 51.1 Å². The van der Waals surface area contributed by atoms with Crippen LogP contribution in [0.4, 0.5) is 0 Å². The first-order valence-electron chi connectivity index (χ1n) is 9.38. The molecule has 2 aliphatic rings. The summed E-state index contributed by atoms with van der Waals surface area (Å²) in [6, 6.07) is 7.51. The van der Waals surface area contributed by atoms with E-state index in [4.69, 9.17) is 11.6 Å². The third kappa shape index (κ3) is 3.54. The number of benzene rings is 1. The number of carbonyl (C=O) groups excluding carboxylic acids is 1. The van der Waals surface area contributed by atoms with Crippen LogP contribution in [0.2, 0.25) is 5.02 Å². The van der Waals surface area contributed by atoms with Gasteiger partial charge in [0.1, 0.15) is 5.82 Å². The van der Waals surface area contributed by atoms with Gasteiger partial charge < -0.3 is 9.47 Å². The molecule has 1 atom stereocenters. The van der Waals surface area contributed by atoms with Gasteiger partial charge in [-0.1, -0.05) is 30.2 Å². The van der Waals surface area contributed by atoms with E-state index in [0.717, 1.165) is 56.0 Å². The summed E-state index contributed by atoms with van der Waals surface area (Å²) in [6.07, 6.45) is 10.0. The molecule has 26 heavy (non-hydrogen) atoms. The predicted molar refractivity (Wildman–Crippen MR) is 102 cm³/mol. The third-order valence-corrected chi connectivity index (χ3v) is 5.51. The molecule has 1 saturated heterocycles. The molecule has 0 spiro atoms. The minimum atomic E-state index is 0.0356. The Balaban J connectivity index is 1.52. The molecular weight excluding hydrogens is 348 g/mol. The number of amides is 1. The Kier molecular flexibility index (Phi) is 5.07. The molecule has 1 amide bonds. The molecule has 5 nitrogen and oxygen atoms in total. The zero-order valence-corrected chi connectivity index (χ0v) is 15.5. The second-order valence-electron chi connectivity index (χ2n) is 7.01. The SMILES string of the molecule is O=C(/C=C/c1ccc(Cl)cc1)N1CCCC1c1nnc2n1CCCCC2. The predicted octanol–water partition coefficient (Wildman–Crippen LogP) is 4.03. The highest BCUT2D eigenvalue weighted by atomic mass is 35.5. The van der Waals surface area contributed by atoms with Crippen LogP contribution in [-0.2, 0) is 17.8 Å². The molecule has 0 N–H and O–H groups in total. The Labute approximate surface area is 158 Å². The Morgan fingerprint density at radius 2 is 1.92 bits per heavy atom. The molecule has 2 aromatic rings. The highest BCUT2D eigenvalue weighted by molar-refractivity contribution is 6.30. The number of rotatable bonds is 3. The van der Waals surface area contributed by atoms with Gasteiger partial charge >= 0.3 is 0 Å². The van der Waals surface area contributed by atoms with Crippen molar-refractivity contribution in [3.63, 3.8) is 0 Å². The first-order valence-corrected chi connectivity index (χ1v) is 9.76. The number of halogens is 1. The van der Waals surface area contributed by atoms with Gasteiger partial charge in [0, 0.05) is 30.6 Å². The van der Waals surface area contributed by atoms with Crippen LogP contribution >= 0.6 is 11.6 Å². The van der Waals surface area contributed by atoms with Gasteiger partial charge in [0.2, 0.25) is 5.91 Å². The van der Waals surface area contributed by atoms with Gasteiger partial charge in [-0.3, -0.25) is 4.79 Å². The zero-order valence-electron chi connectivity index (χ0n) is 14.8. The Bertz CT molecular complexity index is 812. The number of hydrogen-bond acceptors (Lipinski definition) is 3. The summed E-state index contributed by atoms with van der Waals surface area (Å²) in [5, 5.41) is 9.56. The van der Waals surface area contributed by atoms with E-state index in [1.54, 1.807) is 6.08 Å². The van der Waals surface area contributed by atoms with Gasteiger partial charge in [0.15, 0.2) is 5.82 Å². The number of fused-ring (bicyclic) bond motifs is 1. The summed E-state index contributed by atoms with van der Waals surface area (Å²) < 4.78 is 2.26. The summed E-state index contributed by atoms with van der Waals surface area (Å²) >= 11 is 5.91. The quantitative estimate of drug-likeness (QED) is 0.766. The van der Waals surface area contributed by atoms with E-state index >= 15 is 0 Å². The van der Waals surface area contributed by atoms with Crippen LogP contribution < -0.4 is 0 Å². The minimum Gasteiger partial charge on any atom is -0.329 e. The molecule has 1 fully saturated rings. The molecule has 0 radical (unpaired) electrons. The maximum atomic E-state index is 12.8. The normalized spacial score (nSPS) is 20.3. The molecule has 1 unspecified atom stereocenters. The fourth-order valence-corrected chi connectivity index (χ4v) is 4.02. The van der Waals surface area contributed by atoms with Crippen molar-refractivity contribution in [3.8, 4) is 0 Å². The first kappa shape index (κ1) is 17.3. The van der Waals surface area contributed by atoms with Crippen molar-refractivity contribution in [1.82, 2.24) is 19.7 Å². The summed E-state index contributed by atoms with van der Waals surface area (Å²) in [5.41, 5.74) is 0.967. The Hall–Kier alpha value is -2.14. The standard InChI is InChI=1S/C20H23ClN4O/c21-16-10-7-15(8-11-16)9-12-19(26)24-14-4-5-17(24)20-23-22-18-6-2-1-3-13-25(18)20/h7-12,17H,1-6,13-14H2/b12-9+. The highest BCUT2D eigenvalue weighted by Crippen LogP contribution is 2.32. The van der Waals surface area contributed by atoms with Crippen LogP contribution in [0.5, 0.6) is 0 Å². The van der Waals surface area contributed by atoms with Gasteiger partial charge in [0.25, 0.3) is 0 Å². The van der Waals surface area contributed by atoms with Crippen molar-refractivity contribution in [1.29, 1.82) is 0 Å². The fourth-order valence-electron chi connectivity index (χ4n) is 3.89. The topological polar surface area (TPSA) is 51.0 Å². The average Bonchev–Trinajstić information content (AvgIpc) is 3.22. The van der Waals surface area contributed by atoms with Crippen molar-refractivity contribution in [3.05, 3.63) is 52.6 Å². The number of nitrogens with zero attached hydrogens (tertiary/aromatic N) is 4. The summed E-state index contributed by atoms with van der Waals surface area (Å²) in [5.74, 6) is 2.08. The summed E-state index contributed by atoms with van der Waals surface area (Å²) in [4.78, 5) is 14.7. The van der Waals surface area contributed by atoms with Gasteiger partial charge in [-0.15, -0.1) is 10.2 Å². The minimum absolute atomic E-state index is 0.0356. The largest absolute Gasteiger partial charge is 0.329 e. The first-order chi connectivity index (χ1) is 12.7. The van der Waals surface area contributed by atoms with Crippen LogP contribution in [0.15, 0.2) is 30.3 Å². The number of aromatic nitrogens is 3. The van der Waals surface area contributed by atoms with Gasteiger partial charge in [0.05, 0.1) is 6.04 Å². The molecule has 1 aromatic carbocycles. The van der Waals surface area contributed by atoms with Crippen molar-refractivity contribution >= 4 is 23.6 Å². The number of hydrogen-bond donors (Lipinski definition) is 0. The van der Waals surface area contributed by atoms with Gasteiger partial charge in [-0.2, -0.15) is 0 Å². The number of carbonyl (C=O) groups is 1. The Morgan fingerprint density at radius 3 is 2.77 bits per heavy atom. The van der Waals surface area contributed by atoms with Crippen LogP contribution in [0.3, 0.4) is 0 Å². The van der Waals surface area contributed by atoms with E-state index in [0.29, 0.717) is 5.02 Å². The van der Waals surface area contributed by atoms with E-state index < -0.39 is 0 Å². The van der Waals surface area contributed by atoms with Crippen molar-refractivity contribution in [2.24, 2.45) is 0 Å². The van der Waals surface area contributed by atoms with Gasteiger partial charge in [-0.05, 0) is 49.5 Å². The molecule has 6 heteroatoms. The maximum absolute atomic E-state index is 12.8. The van der Waals surface area contributed by atoms with Crippen LogP contribution in [0.1, 0.15) is 55.4 Å². The van der Waals surface area contributed by atoms with Gasteiger partial charge in [-0.25, -0.2) is 0 Å². The maximum Gasteiger partial charge on any atom is 0.247 e. The third-order valence-electron chi connectivity index (χ3n) is 5.26. The lowest BCUT2D eigenvalue weighted by Gasteiger charge is -2.23. The summed E-state index contributed by atoms with van der Waals surface area (Å²) in [7, 11) is 0. The van der Waals surface area contributed by atoms with E-state index in [2.05, 4.69) is 14.8 Å². The average molecular weight is 371 g/mol. The molecule has 0 saturated carbocycles. The van der Waals surface area contributed by atoms with Crippen LogP contribution in [-0.4, -0.2) is 32.1 Å². The molecule has 0 aliphatic carbocycles. The molecule has 4 rings (SSSR count). The molecule has 1 aromatic heterocycles. The number of aryl methyl sites for hydroxylation is 1. The summed E-state index contributed by atoms with van der Waals surface area (Å²) in [6.45, 7) is 1.74. The lowest BCUT2D eigenvalue weighted by molar-refractivity contribution is -0.127. The number of likely N-dealkylation sites (tertiary alicyclic amines) is 1. The fraction of sp³-hybridized carbons (Fsp3) is 0.450. The molecule has 0 bridgehead atoms. The lowest BCUT2D eigenvalue weighted by Crippen LogP contribution is -2.30. The van der Waals surface area contributed by atoms with E-state index in [1.165, 1.54) is 12.8 Å². The van der Waals surface area contributed by atoms with Crippen LogP contribution in [0.25, 0.3) is 6.08 Å². The second kappa shape index (κ2) is 7.62. The molecular formula is C20H23ClN4O. The molecule has 136 valence electrons. The van der Waals surface area contributed by atoms with Crippen LogP contribution in [0, 0.1) is 0 Å².